The Morgan fingerprint density at radius 2 is 1.50 bits per heavy atom. The van der Waals surface area contributed by atoms with Crippen LogP contribution in [0.25, 0.3) is 0 Å². The van der Waals surface area contributed by atoms with Crippen LogP contribution in [0.4, 0.5) is 0 Å². The average molecular weight is 367 g/mol. The fraction of sp³-hybridized carbons (Fsp3) is 0.435. The summed E-state index contributed by atoms with van der Waals surface area (Å²) >= 11 is 0. The van der Waals surface area contributed by atoms with Crippen LogP contribution in [0, 0.1) is 11.8 Å². The molecule has 3 rings (SSSR count). The van der Waals surface area contributed by atoms with Crippen molar-refractivity contribution in [3.05, 3.63) is 60.7 Å². The Balaban J connectivity index is 1.92. The van der Waals surface area contributed by atoms with Crippen LogP contribution in [0.1, 0.15) is 40.0 Å². The van der Waals surface area contributed by atoms with Crippen LogP contribution in [-0.4, -0.2) is 21.2 Å². The van der Waals surface area contributed by atoms with Crippen LogP contribution in [-0.2, 0) is 9.22 Å². The molecule has 26 heavy (non-hydrogen) atoms. The van der Waals surface area contributed by atoms with Crippen LogP contribution in [0.5, 0.6) is 0 Å². The van der Waals surface area contributed by atoms with E-state index in [-0.39, 0.29) is 5.04 Å². The van der Waals surface area contributed by atoms with E-state index in [0.717, 1.165) is 19.3 Å². The molecule has 2 aromatic rings. The zero-order valence-corrected chi connectivity index (χ0v) is 17.2. The molecular formula is C23H30O2Si. The van der Waals surface area contributed by atoms with Crippen molar-refractivity contribution >= 4 is 25.0 Å². The summed E-state index contributed by atoms with van der Waals surface area (Å²) in [6.07, 6.45) is 3.93. The van der Waals surface area contributed by atoms with Crippen molar-refractivity contribution in [1.82, 2.24) is 0 Å². The normalized spacial score (nSPS) is 20.0. The summed E-state index contributed by atoms with van der Waals surface area (Å²) in [6.45, 7) is 7.75. The van der Waals surface area contributed by atoms with Gasteiger partial charge < -0.3 is 9.22 Å². The lowest BCUT2D eigenvalue weighted by atomic mass is 10.2. The van der Waals surface area contributed by atoms with E-state index in [1.807, 2.05) is 0 Å². The zero-order chi connectivity index (χ0) is 18.6. The first kappa shape index (κ1) is 19.1. The van der Waals surface area contributed by atoms with Crippen LogP contribution in [0.3, 0.4) is 0 Å². The van der Waals surface area contributed by atoms with Gasteiger partial charge in [0.2, 0.25) is 0 Å². The van der Waals surface area contributed by atoms with Crippen molar-refractivity contribution in [2.45, 2.75) is 45.1 Å². The van der Waals surface area contributed by atoms with E-state index in [1.54, 1.807) is 0 Å². The summed E-state index contributed by atoms with van der Waals surface area (Å²) in [6, 6.07) is 21.6. The van der Waals surface area contributed by atoms with Crippen molar-refractivity contribution in [1.29, 1.82) is 0 Å². The van der Waals surface area contributed by atoms with Gasteiger partial charge in [-0.05, 0) is 40.1 Å². The van der Waals surface area contributed by atoms with Gasteiger partial charge in [-0.25, -0.2) is 0 Å². The summed E-state index contributed by atoms with van der Waals surface area (Å²) in [7, 11) is -2.40. The molecule has 1 fully saturated rings. The molecule has 0 unspecified atom stereocenters. The molecule has 0 N–H and O–H groups in total. The minimum Gasteiger partial charge on any atom is -0.407 e. The molecule has 0 spiro atoms. The van der Waals surface area contributed by atoms with E-state index in [1.165, 1.54) is 16.8 Å². The Morgan fingerprint density at radius 3 is 1.96 bits per heavy atom. The molecule has 0 heterocycles. The number of rotatable bonds is 8. The monoisotopic (exact) mass is 366 g/mol. The second kappa shape index (κ2) is 7.89. The number of carbonyl (C=O) groups excluding carboxylic acids is 1. The molecule has 1 aliphatic rings. The quantitative estimate of drug-likeness (QED) is 0.517. The Bertz CT molecular complexity index is 666. The molecule has 2 aromatic carbocycles. The third-order valence-electron chi connectivity index (χ3n) is 5.66. The highest BCUT2D eigenvalue weighted by molar-refractivity contribution is 6.99. The number of benzene rings is 2. The molecule has 0 amide bonds. The maximum atomic E-state index is 10.6. The van der Waals surface area contributed by atoms with Crippen molar-refractivity contribution in [3.63, 3.8) is 0 Å². The largest absolute Gasteiger partial charge is 0.407 e. The van der Waals surface area contributed by atoms with Crippen LogP contribution in [0.15, 0.2) is 60.7 Å². The molecule has 1 aliphatic carbocycles. The van der Waals surface area contributed by atoms with E-state index in [4.69, 9.17) is 4.43 Å². The maximum absolute atomic E-state index is 10.6. The first-order chi connectivity index (χ1) is 12.5. The molecule has 1 saturated carbocycles. The third kappa shape index (κ3) is 3.84. The van der Waals surface area contributed by atoms with Gasteiger partial charge in [-0.15, -0.1) is 0 Å². The van der Waals surface area contributed by atoms with Gasteiger partial charge in [-0.3, -0.25) is 0 Å². The van der Waals surface area contributed by atoms with Crippen LogP contribution < -0.4 is 10.4 Å². The standard InChI is InChI=1S/C23H30O2Si/c1-23(2,3)26(21-12-6-4-7-13-21,22-14-8-5-9-15-22)25-18-20-17-19(20)11-10-16-24/h4-9,12-16,19-20H,10-11,17-18H2,1-3H3/t19-,20-/m1/s1. The first-order valence-corrected chi connectivity index (χ1v) is 11.6. The highest BCUT2D eigenvalue weighted by Gasteiger charge is 2.51. The average Bonchev–Trinajstić information content (AvgIpc) is 3.39. The minimum atomic E-state index is -2.40. The van der Waals surface area contributed by atoms with Gasteiger partial charge in [0.1, 0.15) is 6.29 Å². The highest BCUT2D eigenvalue weighted by atomic mass is 28.4. The lowest BCUT2D eigenvalue weighted by Gasteiger charge is -2.43. The predicted octanol–water partition coefficient (Wildman–Crippen LogP) is 4.18. The lowest BCUT2D eigenvalue weighted by molar-refractivity contribution is -0.108. The maximum Gasteiger partial charge on any atom is 0.261 e. The topological polar surface area (TPSA) is 26.3 Å². The predicted molar refractivity (Wildman–Crippen MR) is 110 cm³/mol. The van der Waals surface area contributed by atoms with Crippen LogP contribution in [0.2, 0.25) is 5.04 Å². The summed E-state index contributed by atoms with van der Waals surface area (Å²) in [4.78, 5) is 10.6. The molecule has 138 valence electrons. The van der Waals surface area contributed by atoms with Gasteiger partial charge in [0, 0.05) is 13.0 Å². The summed E-state index contributed by atoms with van der Waals surface area (Å²) in [5.74, 6) is 1.27. The van der Waals surface area contributed by atoms with E-state index in [0.29, 0.717) is 18.3 Å². The number of aldehydes is 1. The second-order valence-corrected chi connectivity index (χ2v) is 12.8. The Morgan fingerprint density at radius 1 is 0.962 bits per heavy atom. The van der Waals surface area contributed by atoms with Crippen LogP contribution >= 0.6 is 0 Å². The Labute approximate surface area is 158 Å². The van der Waals surface area contributed by atoms with Gasteiger partial charge in [-0.2, -0.15) is 0 Å². The van der Waals surface area contributed by atoms with Gasteiger partial charge in [0.05, 0.1) is 0 Å². The van der Waals surface area contributed by atoms with E-state index in [2.05, 4.69) is 81.4 Å². The van der Waals surface area contributed by atoms with Gasteiger partial charge in [0.15, 0.2) is 0 Å². The van der Waals surface area contributed by atoms with Crippen molar-refractivity contribution in [2.24, 2.45) is 11.8 Å². The fourth-order valence-electron chi connectivity index (χ4n) is 4.14. The van der Waals surface area contributed by atoms with E-state index >= 15 is 0 Å². The minimum absolute atomic E-state index is 0.0306. The lowest BCUT2D eigenvalue weighted by Crippen LogP contribution is -2.66. The molecule has 0 bridgehead atoms. The van der Waals surface area contributed by atoms with Gasteiger partial charge in [-0.1, -0.05) is 81.4 Å². The SMILES string of the molecule is CC(C)(C)[Si](OC[C@H]1C[C@H]1CCC=O)(c1ccccc1)c1ccccc1. The zero-order valence-electron chi connectivity index (χ0n) is 16.2. The fourth-order valence-corrected chi connectivity index (χ4v) is 8.76. The summed E-state index contributed by atoms with van der Waals surface area (Å²) < 4.78 is 6.95. The first-order valence-electron chi connectivity index (χ1n) is 9.67. The molecule has 0 aromatic heterocycles. The van der Waals surface area contributed by atoms with Gasteiger partial charge in [0.25, 0.3) is 8.32 Å². The van der Waals surface area contributed by atoms with Crippen molar-refractivity contribution in [3.8, 4) is 0 Å². The Hall–Kier alpha value is -1.71. The summed E-state index contributed by atoms with van der Waals surface area (Å²) in [5, 5.41) is 2.70. The summed E-state index contributed by atoms with van der Waals surface area (Å²) in [5.41, 5.74) is 0. The number of hydrogen-bond acceptors (Lipinski definition) is 2. The van der Waals surface area contributed by atoms with E-state index < -0.39 is 8.32 Å². The Kier molecular flexibility index (Phi) is 5.78. The smallest absolute Gasteiger partial charge is 0.261 e. The van der Waals surface area contributed by atoms with Crippen molar-refractivity contribution in [2.75, 3.05) is 6.61 Å². The molecule has 2 atom stereocenters. The molecule has 3 heteroatoms. The molecule has 0 saturated heterocycles. The third-order valence-corrected chi connectivity index (χ3v) is 10.7. The molecule has 0 aliphatic heterocycles. The van der Waals surface area contributed by atoms with E-state index in [9.17, 15) is 4.79 Å². The molecule has 2 nitrogen and oxygen atoms in total. The molecular weight excluding hydrogens is 336 g/mol. The van der Waals surface area contributed by atoms with Gasteiger partial charge >= 0.3 is 0 Å². The molecule has 0 radical (unpaired) electrons. The number of hydrogen-bond donors (Lipinski definition) is 0. The second-order valence-electron chi connectivity index (χ2n) is 8.47. The number of carbonyl (C=O) groups is 1. The highest BCUT2D eigenvalue weighted by Crippen LogP contribution is 2.44. The van der Waals surface area contributed by atoms with Crippen molar-refractivity contribution < 1.29 is 9.22 Å².